The number of carboxylic acids is 1. The van der Waals surface area contributed by atoms with Crippen molar-refractivity contribution in [1.29, 1.82) is 0 Å². The molecule has 2 atom stereocenters. The van der Waals surface area contributed by atoms with Crippen molar-refractivity contribution >= 4 is 23.5 Å². The van der Waals surface area contributed by atoms with Crippen LogP contribution in [0.5, 0.6) is 5.75 Å². The second kappa shape index (κ2) is 9.08. The Labute approximate surface area is 168 Å². The molecular weight excluding hydrogens is 382 g/mol. The van der Waals surface area contributed by atoms with E-state index in [9.17, 15) is 14.7 Å². The molecular formula is C21H22ClNO5. The molecule has 148 valence electrons. The largest absolute Gasteiger partial charge is 0.489 e. The van der Waals surface area contributed by atoms with Crippen LogP contribution in [-0.4, -0.2) is 42.1 Å². The Kier molecular flexibility index (Phi) is 6.54. The molecule has 2 aromatic carbocycles. The zero-order valence-electron chi connectivity index (χ0n) is 15.5. The quantitative estimate of drug-likeness (QED) is 0.729. The number of likely N-dealkylation sites (tertiary alicyclic amines) is 1. The molecule has 0 radical (unpaired) electrons. The van der Waals surface area contributed by atoms with E-state index in [0.29, 0.717) is 30.5 Å². The average molecular weight is 404 g/mol. The number of aliphatic carboxylic acids is 1. The number of nitrogens with zero attached hydrogens (tertiary/aromatic N) is 1. The van der Waals surface area contributed by atoms with Gasteiger partial charge in [0.25, 0.3) is 0 Å². The smallest absolute Gasteiger partial charge is 0.309 e. The first kappa shape index (κ1) is 20.2. The Morgan fingerprint density at radius 1 is 1.25 bits per heavy atom. The maximum absolute atomic E-state index is 12.3. The van der Waals surface area contributed by atoms with Crippen LogP contribution in [0, 0.1) is 5.92 Å². The maximum Gasteiger partial charge on any atom is 0.309 e. The molecule has 1 fully saturated rings. The minimum atomic E-state index is -0.973. The highest BCUT2D eigenvalue weighted by Gasteiger charge is 2.44. The lowest BCUT2D eigenvalue weighted by Crippen LogP contribution is -2.33. The lowest BCUT2D eigenvalue weighted by Gasteiger charge is -2.27. The molecule has 1 amide bonds. The number of amides is 1. The summed E-state index contributed by atoms with van der Waals surface area (Å²) >= 11 is 5.98. The summed E-state index contributed by atoms with van der Waals surface area (Å²) in [7, 11) is 1.55. The molecule has 0 aromatic heterocycles. The summed E-state index contributed by atoms with van der Waals surface area (Å²) in [5.41, 5.74) is 1.72. The number of methoxy groups -OCH3 is 1. The zero-order valence-corrected chi connectivity index (χ0v) is 16.3. The number of hydrogen-bond donors (Lipinski definition) is 1. The van der Waals surface area contributed by atoms with E-state index in [0.717, 1.165) is 11.1 Å². The Morgan fingerprint density at radius 2 is 2.00 bits per heavy atom. The minimum absolute atomic E-state index is 0.00324. The monoisotopic (exact) mass is 403 g/mol. The number of rotatable bonds is 8. The van der Waals surface area contributed by atoms with E-state index in [1.165, 1.54) is 0 Å². The van der Waals surface area contributed by atoms with Crippen molar-refractivity contribution in [2.24, 2.45) is 5.92 Å². The van der Waals surface area contributed by atoms with Gasteiger partial charge in [-0.25, -0.2) is 0 Å². The SMILES string of the molecule is COCCN1C(=O)CC(C(=O)O)C1c1ccc(OCc2cccc(Cl)c2)cc1. The Balaban J connectivity index is 1.74. The van der Waals surface area contributed by atoms with Crippen LogP contribution in [-0.2, 0) is 20.9 Å². The number of hydrogen-bond acceptors (Lipinski definition) is 4. The first-order valence-corrected chi connectivity index (χ1v) is 9.36. The molecule has 6 nitrogen and oxygen atoms in total. The predicted octanol–water partition coefficient (Wildman–Crippen LogP) is 3.54. The number of benzene rings is 2. The second-order valence-electron chi connectivity index (χ2n) is 6.66. The highest BCUT2D eigenvalue weighted by Crippen LogP contribution is 2.38. The number of carboxylic acid groups (broad SMARTS) is 1. The van der Waals surface area contributed by atoms with Crippen molar-refractivity contribution < 1.29 is 24.2 Å². The van der Waals surface area contributed by atoms with Crippen LogP contribution in [0.15, 0.2) is 48.5 Å². The fraction of sp³-hybridized carbons (Fsp3) is 0.333. The molecule has 28 heavy (non-hydrogen) atoms. The van der Waals surface area contributed by atoms with E-state index >= 15 is 0 Å². The van der Waals surface area contributed by atoms with E-state index in [1.54, 1.807) is 30.2 Å². The van der Waals surface area contributed by atoms with Crippen LogP contribution in [0.1, 0.15) is 23.6 Å². The van der Waals surface area contributed by atoms with Gasteiger partial charge in [-0.05, 0) is 35.4 Å². The first-order valence-electron chi connectivity index (χ1n) is 8.98. The highest BCUT2D eigenvalue weighted by atomic mass is 35.5. The molecule has 7 heteroatoms. The Morgan fingerprint density at radius 3 is 2.64 bits per heavy atom. The molecule has 1 aliphatic rings. The van der Waals surface area contributed by atoms with Crippen LogP contribution in [0.3, 0.4) is 0 Å². The van der Waals surface area contributed by atoms with Crippen LogP contribution >= 0.6 is 11.6 Å². The molecule has 0 spiro atoms. The predicted molar refractivity (Wildman–Crippen MR) is 104 cm³/mol. The van der Waals surface area contributed by atoms with Crippen LogP contribution in [0.2, 0.25) is 5.02 Å². The van der Waals surface area contributed by atoms with E-state index in [1.807, 2.05) is 30.3 Å². The van der Waals surface area contributed by atoms with Crippen molar-refractivity contribution in [3.05, 3.63) is 64.7 Å². The fourth-order valence-corrected chi connectivity index (χ4v) is 3.64. The standard InChI is InChI=1S/C21H22ClNO5/c1-27-10-9-23-19(24)12-18(21(25)26)20(23)15-5-7-17(8-6-15)28-13-14-3-2-4-16(22)11-14/h2-8,11,18,20H,9-10,12-13H2,1H3,(H,25,26). The van der Waals surface area contributed by atoms with Crippen LogP contribution in [0.4, 0.5) is 0 Å². The third kappa shape index (κ3) is 4.64. The minimum Gasteiger partial charge on any atom is -0.489 e. The van der Waals surface area contributed by atoms with Crippen molar-refractivity contribution in [3.8, 4) is 5.75 Å². The van der Waals surface area contributed by atoms with E-state index in [-0.39, 0.29) is 12.3 Å². The number of carbonyl (C=O) groups is 2. The lowest BCUT2D eigenvalue weighted by atomic mass is 9.93. The highest BCUT2D eigenvalue weighted by molar-refractivity contribution is 6.30. The summed E-state index contributed by atoms with van der Waals surface area (Å²) in [5.74, 6) is -1.26. The summed E-state index contributed by atoms with van der Waals surface area (Å²) in [6.45, 7) is 1.09. The Bertz CT molecular complexity index is 839. The van der Waals surface area contributed by atoms with Gasteiger partial charge in [-0.15, -0.1) is 0 Å². The van der Waals surface area contributed by atoms with Gasteiger partial charge in [0.1, 0.15) is 12.4 Å². The second-order valence-corrected chi connectivity index (χ2v) is 7.10. The number of ether oxygens (including phenoxy) is 2. The van der Waals surface area contributed by atoms with Gasteiger partial charge in [0, 0.05) is 25.1 Å². The first-order chi connectivity index (χ1) is 13.5. The molecule has 1 saturated heterocycles. The molecule has 3 rings (SSSR count). The fourth-order valence-electron chi connectivity index (χ4n) is 3.43. The lowest BCUT2D eigenvalue weighted by molar-refractivity contribution is -0.142. The van der Waals surface area contributed by atoms with Gasteiger partial charge in [-0.3, -0.25) is 9.59 Å². The van der Waals surface area contributed by atoms with Gasteiger partial charge < -0.3 is 19.5 Å². The molecule has 1 aliphatic heterocycles. The van der Waals surface area contributed by atoms with Gasteiger partial charge in [0.05, 0.1) is 18.6 Å². The molecule has 0 aliphatic carbocycles. The van der Waals surface area contributed by atoms with Gasteiger partial charge in [-0.1, -0.05) is 35.9 Å². The third-order valence-corrected chi connectivity index (χ3v) is 5.04. The van der Waals surface area contributed by atoms with Crippen LogP contribution in [0.25, 0.3) is 0 Å². The van der Waals surface area contributed by atoms with Gasteiger partial charge in [0.2, 0.25) is 5.91 Å². The molecule has 1 heterocycles. The number of halogens is 1. The van der Waals surface area contributed by atoms with E-state index in [4.69, 9.17) is 21.1 Å². The summed E-state index contributed by atoms with van der Waals surface area (Å²) in [5, 5.41) is 10.2. The topological polar surface area (TPSA) is 76.1 Å². The van der Waals surface area contributed by atoms with Gasteiger partial charge in [-0.2, -0.15) is 0 Å². The Hall–Kier alpha value is -2.57. The molecule has 1 N–H and O–H groups in total. The van der Waals surface area contributed by atoms with E-state index in [2.05, 4.69) is 0 Å². The van der Waals surface area contributed by atoms with Crippen molar-refractivity contribution in [2.75, 3.05) is 20.3 Å². The number of carbonyl (C=O) groups excluding carboxylic acids is 1. The molecule has 2 unspecified atom stereocenters. The average Bonchev–Trinajstić information content (AvgIpc) is 3.02. The van der Waals surface area contributed by atoms with Gasteiger partial charge in [0.15, 0.2) is 0 Å². The third-order valence-electron chi connectivity index (χ3n) is 4.80. The van der Waals surface area contributed by atoms with Crippen molar-refractivity contribution in [3.63, 3.8) is 0 Å². The summed E-state index contributed by atoms with van der Waals surface area (Å²) in [6, 6.07) is 14.1. The zero-order chi connectivity index (χ0) is 20.1. The summed E-state index contributed by atoms with van der Waals surface area (Å²) in [4.78, 5) is 25.5. The van der Waals surface area contributed by atoms with E-state index < -0.39 is 17.9 Å². The van der Waals surface area contributed by atoms with Gasteiger partial charge >= 0.3 is 5.97 Å². The maximum atomic E-state index is 12.3. The summed E-state index contributed by atoms with van der Waals surface area (Å²) in [6.07, 6.45) is -0.00324. The summed E-state index contributed by atoms with van der Waals surface area (Å²) < 4.78 is 10.8. The van der Waals surface area contributed by atoms with Crippen molar-refractivity contribution in [2.45, 2.75) is 19.1 Å². The van der Waals surface area contributed by atoms with Crippen LogP contribution < -0.4 is 4.74 Å². The molecule has 2 aromatic rings. The normalized spacial score (nSPS) is 19.1. The molecule has 0 bridgehead atoms. The molecule has 0 saturated carbocycles. The van der Waals surface area contributed by atoms with Crippen molar-refractivity contribution in [1.82, 2.24) is 4.90 Å².